The van der Waals surface area contributed by atoms with E-state index in [1.165, 1.54) is 57.8 Å². The number of nitrogens with one attached hydrogen (secondary N) is 1. The van der Waals surface area contributed by atoms with Gasteiger partial charge in [-0.3, -0.25) is 9.69 Å². The number of amides is 1. The van der Waals surface area contributed by atoms with Crippen molar-refractivity contribution in [1.29, 1.82) is 0 Å². The lowest BCUT2D eigenvalue weighted by Gasteiger charge is -2.32. The van der Waals surface area contributed by atoms with Gasteiger partial charge in [-0.1, -0.05) is 32.1 Å². The minimum absolute atomic E-state index is 0.233. The molecule has 0 bridgehead atoms. The number of carbonyl (C=O) groups excluding carboxylic acids is 1. The van der Waals surface area contributed by atoms with Crippen LogP contribution in [0.25, 0.3) is 0 Å². The largest absolute Gasteiger partial charge is 0.355 e. The third-order valence-electron chi connectivity index (χ3n) is 5.10. The second kappa shape index (κ2) is 8.02. The fraction of sp³-hybridized carbons (Fsp3) is 0.941. The second-order valence-electron chi connectivity index (χ2n) is 7.01. The van der Waals surface area contributed by atoms with Crippen LogP contribution in [-0.2, 0) is 4.79 Å². The molecule has 20 heavy (non-hydrogen) atoms. The molecular formula is C17H32N2O. The van der Waals surface area contributed by atoms with Crippen LogP contribution in [0.1, 0.15) is 71.6 Å². The summed E-state index contributed by atoms with van der Waals surface area (Å²) in [5.41, 5.74) is 0. The number of carbonyl (C=O) groups is 1. The number of nitrogens with zero attached hydrogens (tertiary/aromatic N) is 1. The number of hydrogen-bond acceptors (Lipinski definition) is 2. The molecular weight excluding hydrogens is 248 g/mol. The van der Waals surface area contributed by atoms with Crippen molar-refractivity contribution in [3.05, 3.63) is 0 Å². The van der Waals surface area contributed by atoms with Crippen molar-refractivity contribution >= 4 is 5.91 Å². The third kappa shape index (κ3) is 4.76. The molecule has 0 aromatic rings. The SMILES string of the molecule is CC(C)N(CC(=O)NCC1CCCCC1)C1CCCC1. The zero-order valence-electron chi connectivity index (χ0n) is 13.4. The Hall–Kier alpha value is -0.570. The van der Waals surface area contributed by atoms with Gasteiger partial charge in [0, 0.05) is 18.6 Å². The van der Waals surface area contributed by atoms with Crippen LogP contribution >= 0.6 is 0 Å². The molecule has 2 saturated carbocycles. The molecule has 0 radical (unpaired) electrons. The summed E-state index contributed by atoms with van der Waals surface area (Å²) in [5.74, 6) is 0.961. The molecule has 0 aromatic carbocycles. The summed E-state index contributed by atoms with van der Waals surface area (Å²) in [4.78, 5) is 14.6. The summed E-state index contributed by atoms with van der Waals surface area (Å²) in [5, 5.41) is 3.18. The Bertz CT molecular complexity index is 291. The van der Waals surface area contributed by atoms with Gasteiger partial charge in [-0.2, -0.15) is 0 Å². The lowest BCUT2D eigenvalue weighted by Crippen LogP contribution is -2.46. The average Bonchev–Trinajstić information content (AvgIpc) is 2.97. The van der Waals surface area contributed by atoms with Crippen LogP contribution < -0.4 is 5.32 Å². The fourth-order valence-electron chi connectivity index (χ4n) is 3.84. The lowest BCUT2D eigenvalue weighted by atomic mass is 9.89. The van der Waals surface area contributed by atoms with E-state index >= 15 is 0 Å². The van der Waals surface area contributed by atoms with E-state index < -0.39 is 0 Å². The molecule has 0 aliphatic heterocycles. The molecule has 2 aliphatic rings. The highest BCUT2D eigenvalue weighted by Gasteiger charge is 2.26. The van der Waals surface area contributed by atoms with Crippen LogP contribution in [0.4, 0.5) is 0 Å². The van der Waals surface area contributed by atoms with Crippen molar-refractivity contribution in [3.8, 4) is 0 Å². The molecule has 2 fully saturated rings. The first kappa shape index (κ1) is 15.8. The number of rotatable bonds is 6. The van der Waals surface area contributed by atoms with Gasteiger partial charge in [-0.25, -0.2) is 0 Å². The van der Waals surface area contributed by atoms with Crippen molar-refractivity contribution in [2.24, 2.45) is 5.92 Å². The molecule has 1 N–H and O–H groups in total. The maximum absolute atomic E-state index is 12.2. The lowest BCUT2D eigenvalue weighted by molar-refractivity contribution is -0.123. The Kier molecular flexibility index (Phi) is 6.34. The van der Waals surface area contributed by atoms with Gasteiger partial charge in [0.1, 0.15) is 0 Å². The first-order valence-corrected chi connectivity index (χ1v) is 8.69. The normalized spacial score (nSPS) is 21.8. The van der Waals surface area contributed by atoms with Gasteiger partial charge in [-0.05, 0) is 45.4 Å². The molecule has 2 rings (SSSR count). The quantitative estimate of drug-likeness (QED) is 0.809. The first-order chi connectivity index (χ1) is 9.66. The van der Waals surface area contributed by atoms with Crippen LogP contribution in [-0.4, -0.2) is 36.0 Å². The van der Waals surface area contributed by atoms with E-state index in [-0.39, 0.29) is 5.91 Å². The first-order valence-electron chi connectivity index (χ1n) is 8.69. The van der Waals surface area contributed by atoms with Crippen molar-refractivity contribution in [1.82, 2.24) is 10.2 Å². The average molecular weight is 280 g/mol. The van der Waals surface area contributed by atoms with E-state index in [1.807, 2.05) is 0 Å². The van der Waals surface area contributed by atoms with Gasteiger partial charge in [0.2, 0.25) is 5.91 Å². The standard InChI is InChI=1S/C17H32N2O/c1-14(2)19(16-10-6-7-11-16)13-17(20)18-12-15-8-4-3-5-9-15/h14-16H,3-13H2,1-2H3,(H,18,20). The van der Waals surface area contributed by atoms with Crippen LogP contribution in [0, 0.1) is 5.92 Å². The molecule has 1 amide bonds. The molecule has 0 spiro atoms. The molecule has 0 heterocycles. The molecule has 3 nitrogen and oxygen atoms in total. The van der Waals surface area contributed by atoms with Gasteiger partial charge in [0.15, 0.2) is 0 Å². The fourth-order valence-corrected chi connectivity index (χ4v) is 3.84. The highest BCUT2D eigenvalue weighted by atomic mass is 16.2. The Balaban J connectivity index is 1.73. The van der Waals surface area contributed by atoms with E-state index in [1.54, 1.807) is 0 Å². The minimum atomic E-state index is 0.233. The van der Waals surface area contributed by atoms with Crippen molar-refractivity contribution in [2.75, 3.05) is 13.1 Å². The Labute approximate surface area is 124 Å². The van der Waals surface area contributed by atoms with Gasteiger partial charge in [0.05, 0.1) is 6.54 Å². The summed E-state index contributed by atoms with van der Waals surface area (Å²) in [6, 6.07) is 1.11. The summed E-state index contributed by atoms with van der Waals surface area (Å²) < 4.78 is 0. The van der Waals surface area contributed by atoms with E-state index in [9.17, 15) is 4.79 Å². The Morgan fingerprint density at radius 1 is 1.05 bits per heavy atom. The van der Waals surface area contributed by atoms with Crippen molar-refractivity contribution < 1.29 is 4.79 Å². The molecule has 0 atom stereocenters. The van der Waals surface area contributed by atoms with E-state index in [0.29, 0.717) is 18.6 Å². The predicted molar refractivity (Wildman–Crippen MR) is 83.7 cm³/mol. The predicted octanol–water partition coefficient (Wildman–Crippen LogP) is 3.34. The highest BCUT2D eigenvalue weighted by molar-refractivity contribution is 5.78. The van der Waals surface area contributed by atoms with Crippen LogP contribution in [0.2, 0.25) is 0 Å². The van der Waals surface area contributed by atoms with E-state index in [2.05, 4.69) is 24.1 Å². The summed E-state index contributed by atoms with van der Waals surface area (Å²) in [7, 11) is 0. The molecule has 116 valence electrons. The van der Waals surface area contributed by atoms with Crippen molar-refractivity contribution in [3.63, 3.8) is 0 Å². The zero-order chi connectivity index (χ0) is 14.4. The summed E-state index contributed by atoms with van der Waals surface area (Å²) in [6.45, 7) is 5.92. The smallest absolute Gasteiger partial charge is 0.234 e. The van der Waals surface area contributed by atoms with Crippen LogP contribution in [0.15, 0.2) is 0 Å². The Morgan fingerprint density at radius 3 is 2.25 bits per heavy atom. The van der Waals surface area contributed by atoms with Crippen LogP contribution in [0.3, 0.4) is 0 Å². The third-order valence-corrected chi connectivity index (χ3v) is 5.10. The minimum Gasteiger partial charge on any atom is -0.355 e. The van der Waals surface area contributed by atoms with Gasteiger partial charge < -0.3 is 5.32 Å². The maximum Gasteiger partial charge on any atom is 0.234 e. The molecule has 0 saturated heterocycles. The monoisotopic (exact) mass is 280 g/mol. The van der Waals surface area contributed by atoms with Crippen LogP contribution in [0.5, 0.6) is 0 Å². The summed E-state index contributed by atoms with van der Waals surface area (Å²) in [6.07, 6.45) is 11.9. The molecule has 0 aromatic heterocycles. The van der Waals surface area contributed by atoms with Gasteiger partial charge in [0.25, 0.3) is 0 Å². The topological polar surface area (TPSA) is 32.3 Å². The number of hydrogen-bond donors (Lipinski definition) is 1. The highest BCUT2D eigenvalue weighted by Crippen LogP contribution is 2.25. The second-order valence-corrected chi connectivity index (χ2v) is 7.01. The van der Waals surface area contributed by atoms with E-state index in [0.717, 1.165) is 12.5 Å². The van der Waals surface area contributed by atoms with Crippen molar-refractivity contribution in [2.45, 2.75) is 83.7 Å². The summed E-state index contributed by atoms with van der Waals surface area (Å²) >= 11 is 0. The maximum atomic E-state index is 12.2. The van der Waals surface area contributed by atoms with Gasteiger partial charge >= 0.3 is 0 Å². The van der Waals surface area contributed by atoms with E-state index in [4.69, 9.17) is 0 Å². The molecule has 0 unspecified atom stereocenters. The molecule has 3 heteroatoms. The zero-order valence-corrected chi connectivity index (χ0v) is 13.4. The molecule has 2 aliphatic carbocycles. The Morgan fingerprint density at radius 2 is 1.65 bits per heavy atom. The van der Waals surface area contributed by atoms with Gasteiger partial charge in [-0.15, -0.1) is 0 Å².